The molecule has 1 saturated heterocycles. The van der Waals surface area contributed by atoms with Crippen LogP contribution in [0.5, 0.6) is 5.75 Å². The van der Waals surface area contributed by atoms with E-state index >= 15 is 0 Å². The van der Waals surface area contributed by atoms with Crippen molar-refractivity contribution in [3.63, 3.8) is 0 Å². The summed E-state index contributed by atoms with van der Waals surface area (Å²) in [6.45, 7) is 8.22. The molecule has 4 nitrogen and oxygen atoms in total. The van der Waals surface area contributed by atoms with Crippen LogP contribution in [0.15, 0.2) is 47.9 Å². The van der Waals surface area contributed by atoms with Crippen LogP contribution in [-0.4, -0.2) is 33.3 Å². The van der Waals surface area contributed by atoms with Gasteiger partial charge in [-0.05, 0) is 55.8 Å². The van der Waals surface area contributed by atoms with Crippen molar-refractivity contribution in [3.8, 4) is 11.4 Å². The second kappa shape index (κ2) is 7.51. The fraction of sp³-hybridized carbons (Fsp3) is 0.200. The standard InChI is InChI=1S/C20H20N2O2S2/c1-5-10-21-19(23)18(26-20(21)25)12-15-11-13(2)22(14(15)3)16-6-8-17(24-4)9-7-16/h5-9,11-12H,1,10H2,2-4H3/b18-12+. The molecule has 0 bridgehead atoms. The molecule has 1 aliphatic heterocycles. The topological polar surface area (TPSA) is 34.5 Å². The first kappa shape index (κ1) is 18.5. The predicted molar refractivity (Wildman–Crippen MR) is 112 cm³/mol. The highest BCUT2D eigenvalue weighted by Crippen LogP contribution is 2.34. The molecule has 1 fully saturated rings. The van der Waals surface area contributed by atoms with Crippen LogP contribution in [0.4, 0.5) is 0 Å². The molecule has 0 unspecified atom stereocenters. The third-order valence-electron chi connectivity index (χ3n) is 4.27. The van der Waals surface area contributed by atoms with E-state index in [0.29, 0.717) is 15.8 Å². The Morgan fingerprint density at radius 1 is 1.27 bits per heavy atom. The summed E-state index contributed by atoms with van der Waals surface area (Å²) in [7, 11) is 1.65. The van der Waals surface area contributed by atoms with Gasteiger partial charge in [-0.15, -0.1) is 6.58 Å². The smallest absolute Gasteiger partial charge is 0.266 e. The lowest BCUT2D eigenvalue weighted by Gasteiger charge is -2.11. The van der Waals surface area contributed by atoms with Gasteiger partial charge in [-0.3, -0.25) is 9.69 Å². The number of hydrogen-bond acceptors (Lipinski definition) is 4. The van der Waals surface area contributed by atoms with Crippen molar-refractivity contribution in [1.82, 2.24) is 9.47 Å². The molecule has 3 rings (SSSR count). The van der Waals surface area contributed by atoms with Crippen molar-refractivity contribution in [2.24, 2.45) is 0 Å². The maximum atomic E-state index is 12.5. The van der Waals surface area contributed by atoms with E-state index in [2.05, 4.69) is 24.1 Å². The Morgan fingerprint density at radius 3 is 2.58 bits per heavy atom. The van der Waals surface area contributed by atoms with E-state index in [4.69, 9.17) is 17.0 Å². The number of thioether (sulfide) groups is 1. The summed E-state index contributed by atoms with van der Waals surface area (Å²) in [5, 5.41) is 0. The fourth-order valence-corrected chi connectivity index (χ4v) is 4.26. The first-order valence-corrected chi connectivity index (χ1v) is 9.38. The Bertz CT molecular complexity index is 911. The molecule has 2 heterocycles. The second-order valence-electron chi connectivity index (χ2n) is 5.94. The van der Waals surface area contributed by atoms with Gasteiger partial charge in [0.15, 0.2) is 0 Å². The molecule has 0 saturated carbocycles. The molecule has 0 N–H and O–H groups in total. The zero-order valence-corrected chi connectivity index (χ0v) is 16.6. The number of thiocarbonyl (C=S) groups is 1. The van der Waals surface area contributed by atoms with E-state index in [1.165, 1.54) is 11.8 Å². The Morgan fingerprint density at radius 2 is 1.96 bits per heavy atom. The minimum absolute atomic E-state index is 0.0610. The third kappa shape index (κ3) is 3.34. The van der Waals surface area contributed by atoms with Gasteiger partial charge >= 0.3 is 0 Å². The van der Waals surface area contributed by atoms with E-state index in [9.17, 15) is 4.79 Å². The molecule has 1 aliphatic rings. The summed E-state index contributed by atoms with van der Waals surface area (Å²) in [4.78, 5) is 14.8. The lowest BCUT2D eigenvalue weighted by molar-refractivity contribution is -0.121. The van der Waals surface area contributed by atoms with Crippen molar-refractivity contribution in [2.45, 2.75) is 13.8 Å². The zero-order chi connectivity index (χ0) is 18.8. The minimum Gasteiger partial charge on any atom is -0.497 e. The SMILES string of the molecule is C=CCN1C(=O)/C(=C\c2cc(C)n(-c3ccc(OC)cc3)c2C)SC1=S. The van der Waals surface area contributed by atoms with Crippen LogP contribution in [-0.2, 0) is 4.79 Å². The van der Waals surface area contributed by atoms with E-state index in [1.807, 2.05) is 37.3 Å². The molecule has 1 amide bonds. The van der Waals surface area contributed by atoms with Gasteiger partial charge < -0.3 is 9.30 Å². The number of methoxy groups -OCH3 is 1. The zero-order valence-electron chi connectivity index (χ0n) is 15.0. The summed E-state index contributed by atoms with van der Waals surface area (Å²) in [5.41, 5.74) is 4.24. The molecular weight excluding hydrogens is 364 g/mol. The summed E-state index contributed by atoms with van der Waals surface area (Å²) < 4.78 is 7.96. The van der Waals surface area contributed by atoms with Gasteiger partial charge in [0, 0.05) is 23.6 Å². The second-order valence-corrected chi connectivity index (χ2v) is 7.62. The maximum Gasteiger partial charge on any atom is 0.266 e. The van der Waals surface area contributed by atoms with Crippen LogP contribution in [0.1, 0.15) is 17.0 Å². The lowest BCUT2D eigenvalue weighted by Crippen LogP contribution is -2.27. The van der Waals surface area contributed by atoms with Crippen LogP contribution in [0.25, 0.3) is 11.8 Å². The number of benzene rings is 1. The van der Waals surface area contributed by atoms with Gasteiger partial charge in [0.05, 0.1) is 12.0 Å². The van der Waals surface area contributed by atoms with E-state index in [1.54, 1.807) is 18.1 Å². The van der Waals surface area contributed by atoms with Crippen molar-refractivity contribution in [3.05, 3.63) is 64.8 Å². The van der Waals surface area contributed by atoms with Crippen LogP contribution >= 0.6 is 24.0 Å². The summed E-state index contributed by atoms with van der Waals surface area (Å²) in [6, 6.07) is 10.0. The van der Waals surface area contributed by atoms with Crippen molar-refractivity contribution in [2.75, 3.05) is 13.7 Å². The molecule has 1 aromatic carbocycles. The average Bonchev–Trinajstić information content (AvgIpc) is 3.05. The monoisotopic (exact) mass is 384 g/mol. The van der Waals surface area contributed by atoms with E-state index in [-0.39, 0.29) is 5.91 Å². The number of aromatic nitrogens is 1. The molecule has 0 atom stereocenters. The van der Waals surface area contributed by atoms with Gasteiger partial charge in [0.1, 0.15) is 10.1 Å². The largest absolute Gasteiger partial charge is 0.497 e. The van der Waals surface area contributed by atoms with Crippen LogP contribution < -0.4 is 4.74 Å². The van der Waals surface area contributed by atoms with Crippen molar-refractivity contribution in [1.29, 1.82) is 0 Å². The quantitative estimate of drug-likeness (QED) is 0.432. The Labute approximate surface area is 163 Å². The molecule has 0 spiro atoms. The first-order chi connectivity index (χ1) is 12.5. The van der Waals surface area contributed by atoms with Crippen LogP contribution in [0.3, 0.4) is 0 Å². The highest BCUT2D eigenvalue weighted by Gasteiger charge is 2.31. The molecule has 1 aromatic heterocycles. The van der Waals surface area contributed by atoms with Gasteiger partial charge in [-0.25, -0.2) is 0 Å². The number of amides is 1. The van der Waals surface area contributed by atoms with E-state index < -0.39 is 0 Å². The molecule has 0 aliphatic carbocycles. The molecule has 26 heavy (non-hydrogen) atoms. The summed E-state index contributed by atoms with van der Waals surface area (Å²) >= 11 is 6.64. The first-order valence-electron chi connectivity index (χ1n) is 8.16. The maximum absolute atomic E-state index is 12.5. The molecule has 0 radical (unpaired) electrons. The number of nitrogens with zero attached hydrogens (tertiary/aromatic N) is 2. The predicted octanol–water partition coefficient (Wildman–Crippen LogP) is 4.49. The number of carbonyl (C=O) groups is 1. The highest BCUT2D eigenvalue weighted by molar-refractivity contribution is 8.26. The number of aryl methyl sites for hydroxylation is 1. The van der Waals surface area contributed by atoms with Crippen molar-refractivity contribution < 1.29 is 9.53 Å². The number of rotatable bonds is 5. The highest BCUT2D eigenvalue weighted by atomic mass is 32.2. The Kier molecular flexibility index (Phi) is 5.34. The molecule has 2 aromatic rings. The minimum atomic E-state index is -0.0610. The Hall–Kier alpha value is -2.31. The molecule has 134 valence electrons. The van der Waals surface area contributed by atoms with Gasteiger partial charge in [-0.1, -0.05) is 30.1 Å². The molecule has 6 heteroatoms. The number of hydrogen-bond donors (Lipinski definition) is 0. The summed E-state index contributed by atoms with van der Waals surface area (Å²) in [5.74, 6) is 0.761. The van der Waals surface area contributed by atoms with Crippen LogP contribution in [0.2, 0.25) is 0 Å². The fourth-order valence-electron chi connectivity index (χ4n) is 2.99. The van der Waals surface area contributed by atoms with E-state index in [0.717, 1.165) is 28.4 Å². The normalized spacial score (nSPS) is 15.8. The van der Waals surface area contributed by atoms with Crippen molar-refractivity contribution >= 4 is 40.3 Å². The number of ether oxygens (including phenoxy) is 1. The number of carbonyl (C=O) groups excluding carboxylic acids is 1. The van der Waals surface area contributed by atoms with Crippen LogP contribution in [0, 0.1) is 13.8 Å². The molecular formula is C20H20N2O2S2. The van der Waals surface area contributed by atoms with Gasteiger partial charge in [0.25, 0.3) is 5.91 Å². The average molecular weight is 385 g/mol. The lowest BCUT2D eigenvalue weighted by atomic mass is 10.2. The van der Waals surface area contributed by atoms with Gasteiger partial charge in [0.2, 0.25) is 0 Å². The third-order valence-corrected chi connectivity index (χ3v) is 5.65. The Balaban J connectivity index is 1.96. The summed E-state index contributed by atoms with van der Waals surface area (Å²) in [6.07, 6.45) is 3.61. The van der Waals surface area contributed by atoms with Gasteiger partial charge in [-0.2, -0.15) is 0 Å².